The lowest BCUT2D eigenvalue weighted by Crippen LogP contribution is -2.13. The molecule has 0 radical (unpaired) electrons. The van der Waals surface area contributed by atoms with Crippen molar-refractivity contribution in [2.24, 2.45) is 0 Å². The van der Waals surface area contributed by atoms with E-state index in [1.807, 2.05) is 0 Å². The van der Waals surface area contributed by atoms with Gasteiger partial charge in [-0.25, -0.2) is 0 Å². The number of carbonyl (C=O) groups is 1. The van der Waals surface area contributed by atoms with Gasteiger partial charge in [-0.3, -0.25) is 9.78 Å². The lowest BCUT2D eigenvalue weighted by atomic mass is 10.2. The van der Waals surface area contributed by atoms with Crippen molar-refractivity contribution in [3.05, 3.63) is 72.6 Å². The molecule has 0 atom stereocenters. The number of benzene rings is 1. The van der Waals surface area contributed by atoms with E-state index in [1.54, 1.807) is 67.0 Å². The van der Waals surface area contributed by atoms with E-state index in [0.29, 0.717) is 28.7 Å². The van der Waals surface area contributed by atoms with Crippen LogP contribution >= 0.6 is 0 Å². The van der Waals surface area contributed by atoms with Crippen LogP contribution in [0.2, 0.25) is 0 Å². The Bertz CT molecular complexity index is 822. The fourth-order valence-corrected chi connectivity index (χ4v) is 1.94. The van der Waals surface area contributed by atoms with Gasteiger partial charge < -0.3 is 15.8 Å². The maximum absolute atomic E-state index is 12.2. The zero-order valence-corrected chi connectivity index (χ0v) is 12.1. The smallest absolute Gasteiger partial charge is 0.256 e. The Balaban J connectivity index is 1.74. The highest BCUT2D eigenvalue weighted by Crippen LogP contribution is 2.19. The molecular weight excluding hydrogens is 292 g/mol. The van der Waals surface area contributed by atoms with Gasteiger partial charge in [0.2, 0.25) is 5.88 Å². The first-order valence-corrected chi connectivity index (χ1v) is 6.92. The summed E-state index contributed by atoms with van der Waals surface area (Å²) in [5.41, 5.74) is 6.67. The van der Waals surface area contributed by atoms with Crippen molar-refractivity contribution in [3.63, 3.8) is 0 Å². The topological polar surface area (TPSA) is 90.1 Å². The van der Waals surface area contributed by atoms with Crippen molar-refractivity contribution in [2.45, 2.75) is 0 Å². The van der Waals surface area contributed by atoms with E-state index in [0.717, 1.165) is 0 Å². The van der Waals surface area contributed by atoms with Crippen molar-refractivity contribution < 1.29 is 9.53 Å². The third kappa shape index (κ3) is 3.82. The Morgan fingerprint density at radius 2 is 1.96 bits per heavy atom. The van der Waals surface area contributed by atoms with E-state index >= 15 is 0 Å². The number of hydrogen-bond acceptors (Lipinski definition) is 5. The summed E-state index contributed by atoms with van der Waals surface area (Å²) in [4.78, 5) is 20.4. The average molecular weight is 306 g/mol. The van der Waals surface area contributed by atoms with Gasteiger partial charge in [0, 0.05) is 23.5 Å². The van der Waals surface area contributed by atoms with Crippen LogP contribution in [-0.2, 0) is 0 Å². The summed E-state index contributed by atoms with van der Waals surface area (Å²) in [5.74, 6) is 1.03. The molecule has 6 heteroatoms. The van der Waals surface area contributed by atoms with Crippen molar-refractivity contribution in [3.8, 4) is 11.6 Å². The molecule has 0 bridgehead atoms. The minimum atomic E-state index is -0.289. The summed E-state index contributed by atoms with van der Waals surface area (Å²) in [6.07, 6.45) is 3.24. The lowest BCUT2D eigenvalue weighted by Gasteiger charge is -2.08. The van der Waals surface area contributed by atoms with Crippen LogP contribution in [0.4, 0.5) is 11.5 Å². The molecule has 0 aliphatic carbocycles. The largest absolute Gasteiger partial charge is 0.437 e. The second kappa shape index (κ2) is 6.57. The predicted molar refractivity (Wildman–Crippen MR) is 87.4 cm³/mol. The van der Waals surface area contributed by atoms with Gasteiger partial charge in [-0.05, 0) is 36.4 Å². The highest BCUT2D eigenvalue weighted by molar-refractivity contribution is 6.04. The Hall–Kier alpha value is -3.41. The van der Waals surface area contributed by atoms with E-state index in [2.05, 4.69) is 15.3 Å². The number of aromatic nitrogens is 2. The molecule has 1 amide bonds. The quantitative estimate of drug-likeness (QED) is 0.723. The highest BCUT2D eigenvalue weighted by Gasteiger charge is 2.08. The maximum atomic E-state index is 12.2. The van der Waals surface area contributed by atoms with Crippen LogP contribution in [0.3, 0.4) is 0 Å². The van der Waals surface area contributed by atoms with Crippen molar-refractivity contribution in [1.82, 2.24) is 9.97 Å². The van der Waals surface area contributed by atoms with Crippen LogP contribution in [0.25, 0.3) is 0 Å². The lowest BCUT2D eigenvalue weighted by molar-refractivity contribution is 0.102. The van der Waals surface area contributed by atoms with Gasteiger partial charge in [0.1, 0.15) is 11.6 Å². The van der Waals surface area contributed by atoms with Gasteiger partial charge in [-0.2, -0.15) is 4.98 Å². The Morgan fingerprint density at radius 3 is 2.74 bits per heavy atom. The fourth-order valence-electron chi connectivity index (χ4n) is 1.94. The number of pyridine rings is 2. The predicted octanol–water partition coefficient (Wildman–Crippen LogP) is 3.10. The number of nitrogen functional groups attached to an aromatic ring is 1. The van der Waals surface area contributed by atoms with Crippen LogP contribution in [0.1, 0.15) is 10.4 Å². The van der Waals surface area contributed by atoms with Gasteiger partial charge in [0.05, 0.1) is 6.20 Å². The zero-order chi connectivity index (χ0) is 16.1. The molecule has 3 N–H and O–H groups in total. The third-order valence-corrected chi connectivity index (χ3v) is 2.97. The SMILES string of the molecule is Nc1cccc(C(=O)Nc2cccc(Oc3cccnc3)n2)c1. The van der Waals surface area contributed by atoms with Crippen LogP contribution in [-0.4, -0.2) is 15.9 Å². The molecule has 0 unspecified atom stereocenters. The molecule has 0 aliphatic heterocycles. The van der Waals surface area contributed by atoms with E-state index in [4.69, 9.17) is 10.5 Å². The van der Waals surface area contributed by atoms with E-state index in [1.165, 1.54) is 0 Å². The van der Waals surface area contributed by atoms with E-state index in [9.17, 15) is 4.79 Å². The molecule has 2 aromatic heterocycles. The number of carbonyl (C=O) groups excluding carboxylic acids is 1. The third-order valence-electron chi connectivity index (χ3n) is 2.97. The van der Waals surface area contributed by atoms with Gasteiger partial charge in [-0.15, -0.1) is 0 Å². The van der Waals surface area contributed by atoms with Crippen LogP contribution in [0, 0.1) is 0 Å². The number of ether oxygens (including phenoxy) is 1. The Kier molecular flexibility index (Phi) is 4.15. The maximum Gasteiger partial charge on any atom is 0.256 e. The number of rotatable bonds is 4. The molecule has 2 heterocycles. The van der Waals surface area contributed by atoms with Gasteiger partial charge in [-0.1, -0.05) is 12.1 Å². The monoisotopic (exact) mass is 306 g/mol. The molecule has 1 aromatic carbocycles. The molecule has 3 rings (SSSR count). The van der Waals surface area contributed by atoms with Crippen LogP contribution in [0.15, 0.2) is 67.0 Å². The molecule has 3 aromatic rings. The molecular formula is C17H14N4O2. The molecule has 0 spiro atoms. The summed E-state index contributed by atoms with van der Waals surface area (Å²) < 4.78 is 5.58. The van der Waals surface area contributed by atoms with Gasteiger partial charge in [0.25, 0.3) is 5.91 Å². The zero-order valence-electron chi connectivity index (χ0n) is 12.1. The molecule has 0 saturated carbocycles. The molecule has 23 heavy (non-hydrogen) atoms. The first-order valence-electron chi connectivity index (χ1n) is 6.92. The average Bonchev–Trinajstić information content (AvgIpc) is 2.56. The fraction of sp³-hybridized carbons (Fsp3) is 0. The van der Waals surface area contributed by atoms with Crippen molar-refractivity contribution >= 4 is 17.4 Å². The number of nitrogens with zero attached hydrogens (tertiary/aromatic N) is 2. The van der Waals surface area contributed by atoms with E-state index in [-0.39, 0.29) is 5.91 Å². The Labute approximate surface area is 133 Å². The van der Waals surface area contributed by atoms with Crippen molar-refractivity contribution in [1.29, 1.82) is 0 Å². The second-order valence-electron chi connectivity index (χ2n) is 4.73. The van der Waals surface area contributed by atoms with Crippen molar-refractivity contribution in [2.75, 3.05) is 11.1 Å². The number of nitrogens with one attached hydrogen (secondary N) is 1. The molecule has 6 nitrogen and oxygen atoms in total. The summed E-state index contributed by atoms with van der Waals surface area (Å²) in [5, 5.41) is 2.71. The minimum absolute atomic E-state index is 0.289. The second-order valence-corrected chi connectivity index (χ2v) is 4.73. The molecule has 114 valence electrons. The minimum Gasteiger partial charge on any atom is -0.437 e. The number of amides is 1. The van der Waals surface area contributed by atoms with Gasteiger partial charge in [0.15, 0.2) is 0 Å². The summed E-state index contributed by atoms with van der Waals surface area (Å²) in [6.45, 7) is 0. The number of anilines is 2. The molecule has 0 aliphatic rings. The first-order chi connectivity index (χ1) is 11.2. The number of hydrogen-bond donors (Lipinski definition) is 2. The summed E-state index contributed by atoms with van der Waals surface area (Å²) >= 11 is 0. The Morgan fingerprint density at radius 1 is 1.09 bits per heavy atom. The van der Waals surface area contributed by atoms with Gasteiger partial charge >= 0.3 is 0 Å². The summed E-state index contributed by atoms with van der Waals surface area (Å²) in [7, 11) is 0. The standard InChI is InChI=1S/C17H14N4O2/c18-13-5-1-4-12(10-13)17(22)21-15-7-2-8-16(20-15)23-14-6-3-9-19-11-14/h1-11H,18H2,(H,20,21,22). The normalized spacial score (nSPS) is 10.1. The highest BCUT2D eigenvalue weighted by atomic mass is 16.5. The summed E-state index contributed by atoms with van der Waals surface area (Å²) in [6, 6.07) is 15.4. The molecule has 0 saturated heterocycles. The number of nitrogens with two attached hydrogens (primary N) is 1. The van der Waals surface area contributed by atoms with Crippen LogP contribution in [0.5, 0.6) is 11.6 Å². The van der Waals surface area contributed by atoms with Crippen LogP contribution < -0.4 is 15.8 Å². The molecule has 0 fully saturated rings. The van der Waals surface area contributed by atoms with E-state index < -0.39 is 0 Å². The first kappa shape index (κ1) is 14.5.